The molecule has 0 spiro atoms. The van der Waals surface area contributed by atoms with Crippen LogP contribution < -0.4 is 5.32 Å². The number of anilines is 1. The molecule has 1 heterocycles. The Morgan fingerprint density at radius 2 is 1.94 bits per heavy atom. The van der Waals surface area contributed by atoms with Crippen LogP contribution >= 0.6 is 11.6 Å². The van der Waals surface area contributed by atoms with Gasteiger partial charge in [0.1, 0.15) is 17.3 Å². The highest BCUT2D eigenvalue weighted by Crippen LogP contribution is 2.19. The van der Waals surface area contributed by atoms with Crippen molar-refractivity contribution in [2.45, 2.75) is 19.8 Å². The topological polar surface area (TPSA) is 37.8 Å². The zero-order valence-corrected chi connectivity index (χ0v) is 11.1. The second-order valence-electron chi connectivity index (χ2n) is 4.01. The molecule has 0 fully saturated rings. The number of aromatic nitrogens is 2. The van der Waals surface area contributed by atoms with Crippen molar-refractivity contribution >= 4 is 17.4 Å². The van der Waals surface area contributed by atoms with Gasteiger partial charge in [-0.1, -0.05) is 48.9 Å². The lowest BCUT2D eigenvalue weighted by atomic mass is 10.1. The second-order valence-corrected chi connectivity index (χ2v) is 4.37. The zero-order valence-electron chi connectivity index (χ0n) is 10.4. The van der Waals surface area contributed by atoms with Crippen molar-refractivity contribution in [2.75, 3.05) is 11.9 Å². The van der Waals surface area contributed by atoms with Crippen molar-refractivity contribution < 1.29 is 0 Å². The van der Waals surface area contributed by atoms with Crippen LogP contribution in [0, 0.1) is 0 Å². The van der Waals surface area contributed by atoms with E-state index in [4.69, 9.17) is 11.6 Å². The summed E-state index contributed by atoms with van der Waals surface area (Å²) in [5.41, 5.74) is 2.29. The SMILES string of the molecule is CCc1c(Cl)ncnc1NCCc1ccccc1. The third-order valence-corrected chi connectivity index (χ3v) is 3.12. The molecule has 0 bridgehead atoms. The Morgan fingerprint density at radius 3 is 2.67 bits per heavy atom. The van der Waals surface area contributed by atoms with Crippen LogP contribution in [0.25, 0.3) is 0 Å². The van der Waals surface area contributed by atoms with Crippen LogP contribution in [0.4, 0.5) is 5.82 Å². The van der Waals surface area contributed by atoms with E-state index < -0.39 is 0 Å². The van der Waals surface area contributed by atoms with E-state index in [1.807, 2.05) is 25.1 Å². The first kappa shape index (κ1) is 12.8. The first-order chi connectivity index (χ1) is 8.81. The van der Waals surface area contributed by atoms with Crippen molar-refractivity contribution in [1.82, 2.24) is 9.97 Å². The molecule has 1 N–H and O–H groups in total. The minimum Gasteiger partial charge on any atom is -0.369 e. The molecule has 0 aliphatic rings. The number of hydrogen-bond donors (Lipinski definition) is 1. The minimum absolute atomic E-state index is 0.537. The molecule has 0 radical (unpaired) electrons. The molecule has 0 aliphatic heterocycles. The Hall–Kier alpha value is -1.61. The molecular weight excluding hydrogens is 246 g/mol. The van der Waals surface area contributed by atoms with Gasteiger partial charge in [-0.15, -0.1) is 0 Å². The van der Waals surface area contributed by atoms with E-state index in [0.29, 0.717) is 5.15 Å². The van der Waals surface area contributed by atoms with Crippen LogP contribution in [-0.2, 0) is 12.8 Å². The highest BCUT2D eigenvalue weighted by molar-refractivity contribution is 6.30. The van der Waals surface area contributed by atoms with E-state index in [0.717, 1.165) is 30.8 Å². The van der Waals surface area contributed by atoms with E-state index in [9.17, 15) is 0 Å². The van der Waals surface area contributed by atoms with E-state index in [1.165, 1.54) is 11.9 Å². The number of nitrogens with one attached hydrogen (secondary N) is 1. The van der Waals surface area contributed by atoms with Gasteiger partial charge >= 0.3 is 0 Å². The molecule has 0 unspecified atom stereocenters. The lowest BCUT2D eigenvalue weighted by molar-refractivity contribution is 0.973. The molecular formula is C14H16ClN3. The van der Waals surface area contributed by atoms with E-state index in [2.05, 4.69) is 27.4 Å². The maximum atomic E-state index is 6.03. The fraction of sp³-hybridized carbons (Fsp3) is 0.286. The molecule has 0 saturated carbocycles. The lowest BCUT2D eigenvalue weighted by Gasteiger charge is -2.10. The second kappa shape index (κ2) is 6.36. The van der Waals surface area contributed by atoms with Gasteiger partial charge in [-0.2, -0.15) is 0 Å². The summed E-state index contributed by atoms with van der Waals surface area (Å²) in [4.78, 5) is 8.23. The van der Waals surface area contributed by atoms with E-state index >= 15 is 0 Å². The number of halogens is 1. The molecule has 4 heteroatoms. The van der Waals surface area contributed by atoms with Gasteiger partial charge in [0.25, 0.3) is 0 Å². The van der Waals surface area contributed by atoms with Crippen LogP contribution in [0.5, 0.6) is 0 Å². The van der Waals surface area contributed by atoms with Crippen LogP contribution in [-0.4, -0.2) is 16.5 Å². The monoisotopic (exact) mass is 261 g/mol. The summed E-state index contributed by atoms with van der Waals surface area (Å²) in [5.74, 6) is 0.841. The van der Waals surface area contributed by atoms with Gasteiger partial charge in [0.2, 0.25) is 0 Å². The molecule has 2 rings (SSSR count). The largest absolute Gasteiger partial charge is 0.369 e. The predicted molar refractivity (Wildman–Crippen MR) is 75.1 cm³/mol. The van der Waals surface area contributed by atoms with Crippen molar-refractivity contribution in [1.29, 1.82) is 0 Å². The number of benzene rings is 1. The number of hydrogen-bond acceptors (Lipinski definition) is 3. The number of nitrogens with zero attached hydrogens (tertiary/aromatic N) is 2. The Balaban J connectivity index is 1.96. The fourth-order valence-corrected chi connectivity index (χ4v) is 2.09. The summed E-state index contributed by atoms with van der Waals surface area (Å²) in [6, 6.07) is 10.4. The molecule has 1 aromatic heterocycles. The summed E-state index contributed by atoms with van der Waals surface area (Å²) in [6.45, 7) is 2.89. The minimum atomic E-state index is 0.537. The molecule has 3 nitrogen and oxygen atoms in total. The highest BCUT2D eigenvalue weighted by Gasteiger charge is 2.06. The normalized spacial score (nSPS) is 10.3. The average Bonchev–Trinajstić information content (AvgIpc) is 2.40. The Bertz CT molecular complexity index is 500. The van der Waals surface area contributed by atoms with Gasteiger partial charge in [-0.3, -0.25) is 0 Å². The van der Waals surface area contributed by atoms with Gasteiger partial charge in [-0.05, 0) is 18.4 Å². The number of rotatable bonds is 5. The smallest absolute Gasteiger partial charge is 0.137 e. The quantitative estimate of drug-likeness (QED) is 0.839. The molecule has 1 aromatic carbocycles. The molecule has 0 amide bonds. The van der Waals surface area contributed by atoms with E-state index in [1.54, 1.807) is 0 Å². The van der Waals surface area contributed by atoms with Gasteiger partial charge < -0.3 is 5.32 Å². The molecule has 0 aliphatic carbocycles. The fourth-order valence-electron chi connectivity index (χ4n) is 1.83. The summed E-state index contributed by atoms with van der Waals surface area (Å²) < 4.78 is 0. The summed E-state index contributed by atoms with van der Waals surface area (Å²) in [6.07, 6.45) is 3.28. The van der Waals surface area contributed by atoms with Crippen LogP contribution in [0.3, 0.4) is 0 Å². The van der Waals surface area contributed by atoms with Gasteiger partial charge in [0.15, 0.2) is 0 Å². The van der Waals surface area contributed by atoms with Crippen LogP contribution in [0.2, 0.25) is 5.15 Å². The van der Waals surface area contributed by atoms with Gasteiger partial charge in [0, 0.05) is 12.1 Å². The standard InChI is InChI=1S/C14H16ClN3/c1-2-12-13(15)17-10-18-14(12)16-9-8-11-6-4-3-5-7-11/h3-7,10H,2,8-9H2,1H3,(H,16,17,18). The van der Waals surface area contributed by atoms with Crippen molar-refractivity contribution in [2.24, 2.45) is 0 Å². The van der Waals surface area contributed by atoms with Gasteiger partial charge in [0.05, 0.1) is 0 Å². The Morgan fingerprint density at radius 1 is 1.17 bits per heavy atom. The Kier molecular flexibility index (Phi) is 4.53. The first-order valence-electron chi connectivity index (χ1n) is 6.08. The average molecular weight is 262 g/mol. The first-order valence-corrected chi connectivity index (χ1v) is 6.46. The molecule has 0 atom stereocenters. The maximum Gasteiger partial charge on any atom is 0.137 e. The lowest BCUT2D eigenvalue weighted by Crippen LogP contribution is -2.09. The van der Waals surface area contributed by atoms with Crippen LogP contribution in [0.1, 0.15) is 18.1 Å². The van der Waals surface area contributed by atoms with Crippen molar-refractivity contribution in [3.05, 3.63) is 52.9 Å². The summed E-state index contributed by atoms with van der Waals surface area (Å²) >= 11 is 6.03. The highest BCUT2D eigenvalue weighted by atomic mass is 35.5. The predicted octanol–water partition coefficient (Wildman–Crippen LogP) is 3.35. The third-order valence-electron chi connectivity index (χ3n) is 2.80. The molecule has 18 heavy (non-hydrogen) atoms. The van der Waals surface area contributed by atoms with Crippen LogP contribution in [0.15, 0.2) is 36.7 Å². The molecule has 0 saturated heterocycles. The van der Waals surface area contributed by atoms with Crippen molar-refractivity contribution in [3.63, 3.8) is 0 Å². The maximum absolute atomic E-state index is 6.03. The Labute approximate surface area is 112 Å². The summed E-state index contributed by atoms with van der Waals surface area (Å²) in [7, 11) is 0. The molecule has 2 aromatic rings. The summed E-state index contributed by atoms with van der Waals surface area (Å²) in [5, 5.41) is 3.85. The van der Waals surface area contributed by atoms with E-state index in [-0.39, 0.29) is 0 Å². The van der Waals surface area contributed by atoms with Crippen molar-refractivity contribution in [3.8, 4) is 0 Å². The third kappa shape index (κ3) is 3.20. The van der Waals surface area contributed by atoms with Gasteiger partial charge in [-0.25, -0.2) is 9.97 Å². The zero-order chi connectivity index (χ0) is 12.8. The molecule has 94 valence electrons.